The molecule has 2 aliphatic rings. The van der Waals surface area contributed by atoms with Crippen LogP contribution in [-0.2, 0) is 30.9 Å². The first-order chi connectivity index (χ1) is 30.2. The number of fused-ring (bicyclic) bond motifs is 2. The summed E-state index contributed by atoms with van der Waals surface area (Å²) in [6.07, 6.45) is 3.68. The molecule has 0 radical (unpaired) electrons. The predicted molar refractivity (Wildman–Crippen MR) is 233 cm³/mol. The molecule has 2 fully saturated rings. The number of hydrogen-bond acceptors (Lipinski definition) is 13. The zero-order chi connectivity index (χ0) is 44.7. The van der Waals surface area contributed by atoms with E-state index in [9.17, 15) is 19.2 Å². The van der Waals surface area contributed by atoms with Crippen molar-refractivity contribution in [1.82, 2.24) is 43.6 Å². The number of benzene rings is 2. The van der Waals surface area contributed by atoms with E-state index in [1.165, 1.54) is 23.9 Å². The number of aryl methyl sites for hydroxylation is 4. The van der Waals surface area contributed by atoms with Crippen LogP contribution in [0.5, 0.6) is 11.5 Å². The minimum Gasteiger partial charge on any atom is -0.494 e. The number of nitrogen functional groups attached to an aromatic ring is 1. The fourth-order valence-corrected chi connectivity index (χ4v) is 8.19. The first kappa shape index (κ1) is 42.4. The Labute approximate surface area is 361 Å². The van der Waals surface area contributed by atoms with Gasteiger partial charge in [-0.15, -0.1) is 0 Å². The summed E-state index contributed by atoms with van der Waals surface area (Å²) in [5, 5.41) is 14.6. The number of hydrogen-bond donors (Lipinski definition) is 5. The van der Waals surface area contributed by atoms with Gasteiger partial charge in [-0.2, -0.15) is 10.2 Å². The SMILES string of the molecule is CCn1nc(C)cc1C(=O)Nc1nc2cc(C(N)=O)cc(OCCN3CC4(COC4)C3)c2n1C/C=C/Cn1c(NC(=O)c2c(N)c(C)nn2CC)nc2cc(C(N)=O)cc(OC)c21. The number of likely N-dealkylation sites (tertiary alicyclic amines) is 1. The van der Waals surface area contributed by atoms with Crippen molar-refractivity contribution in [2.75, 3.05) is 62.9 Å². The van der Waals surface area contributed by atoms with Gasteiger partial charge in [0.1, 0.15) is 40.5 Å². The van der Waals surface area contributed by atoms with E-state index in [0.717, 1.165) is 26.3 Å². The second-order valence-corrected chi connectivity index (χ2v) is 15.8. The average Bonchev–Trinajstić information content (AvgIpc) is 3.96. The van der Waals surface area contributed by atoms with Crippen LogP contribution >= 0.6 is 0 Å². The Hall–Kier alpha value is -7.26. The van der Waals surface area contributed by atoms with Crippen molar-refractivity contribution in [3.8, 4) is 11.5 Å². The Bertz CT molecular complexity index is 2820. The highest BCUT2D eigenvalue weighted by Gasteiger charge is 2.48. The van der Waals surface area contributed by atoms with Crippen LogP contribution in [0.3, 0.4) is 0 Å². The molecule has 0 bridgehead atoms. The Morgan fingerprint density at radius 3 is 1.92 bits per heavy atom. The molecule has 2 saturated heterocycles. The van der Waals surface area contributed by atoms with Crippen molar-refractivity contribution in [3.05, 3.63) is 76.4 Å². The normalized spacial score (nSPS) is 14.6. The summed E-state index contributed by atoms with van der Waals surface area (Å²) in [4.78, 5) is 64.2. The van der Waals surface area contributed by atoms with Crippen LogP contribution in [0, 0.1) is 19.3 Å². The third-order valence-corrected chi connectivity index (χ3v) is 11.3. The monoisotopic (exact) mass is 862 g/mol. The van der Waals surface area contributed by atoms with Gasteiger partial charge in [0.2, 0.25) is 23.7 Å². The van der Waals surface area contributed by atoms with Crippen LogP contribution in [0.1, 0.15) is 66.9 Å². The highest BCUT2D eigenvalue weighted by molar-refractivity contribution is 6.07. The van der Waals surface area contributed by atoms with Crippen LogP contribution in [0.15, 0.2) is 42.5 Å². The van der Waals surface area contributed by atoms with Gasteiger partial charge < -0.3 is 40.5 Å². The van der Waals surface area contributed by atoms with E-state index in [1.54, 1.807) is 45.9 Å². The van der Waals surface area contributed by atoms with Gasteiger partial charge in [-0.05, 0) is 58.0 Å². The first-order valence-corrected chi connectivity index (χ1v) is 20.5. The quantitative estimate of drug-likeness (QED) is 0.0827. The number of aromatic nitrogens is 8. The number of ether oxygens (including phenoxy) is 3. The van der Waals surface area contributed by atoms with Crippen molar-refractivity contribution in [1.29, 1.82) is 0 Å². The number of carbonyl (C=O) groups is 4. The lowest BCUT2D eigenvalue weighted by atomic mass is 9.78. The van der Waals surface area contributed by atoms with Crippen LogP contribution in [0.4, 0.5) is 17.6 Å². The van der Waals surface area contributed by atoms with Gasteiger partial charge >= 0.3 is 0 Å². The molecule has 1 spiro atoms. The second kappa shape index (κ2) is 16.9. The molecule has 6 heterocycles. The van der Waals surface area contributed by atoms with E-state index in [2.05, 4.69) is 30.7 Å². The van der Waals surface area contributed by atoms with Gasteiger partial charge in [0.05, 0.1) is 48.4 Å². The molecule has 0 saturated carbocycles. The maximum atomic E-state index is 13.8. The zero-order valence-corrected chi connectivity index (χ0v) is 35.7. The minimum atomic E-state index is -0.681. The number of rotatable bonds is 17. The number of carbonyl (C=O) groups excluding carboxylic acids is 4. The molecule has 8 N–H and O–H groups in total. The molecular formula is C42H50N14O7. The molecule has 6 aromatic rings. The highest BCUT2D eigenvalue weighted by atomic mass is 16.5. The second-order valence-electron chi connectivity index (χ2n) is 15.8. The smallest absolute Gasteiger partial charge is 0.278 e. The molecule has 8 rings (SSSR count). The van der Waals surface area contributed by atoms with E-state index >= 15 is 0 Å². The van der Waals surface area contributed by atoms with Gasteiger partial charge in [-0.25, -0.2) is 9.97 Å². The van der Waals surface area contributed by atoms with E-state index < -0.39 is 23.6 Å². The van der Waals surface area contributed by atoms with Crippen LogP contribution < -0.4 is 37.3 Å². The number of allylic oxidation sites excluding steroid dienone is 2. The maximum Gasteiger partial charge on any atom is 0.278 e. The Balaban J connectivity index is 1.15. The molecule has 21 heteroatoms. The molecule has 2 aliphatic heterocycles. The summed E-state index contributed by atoms with van der Waals surface area (Å²) in [6.45, 7) is 12.8. The van der Waals surface area contributed by atoms with Gasteiger partial charge in [0, 0.05) is 62.4 Å². The van der Waals surface area contributed by atoms with Crippen molar-refractivity contribution < 1.29 is 33.4 Å². The summed E-state index contributed by atoms with van der Waals surface area (Å²) < 4.78 is 24.1. The average molecular weight is 863 g/mol. The molecule has 330 valence electrons. The number of amides is 4. The number of methoxy groups -OCH3 is 1. The van der Waals surface area contributed by atoms with E-state index in [-0.39, 0.29) is 52.9 Å². The number of anilines is 3. The number of nitrogens with two attached hydrogens (primary N) is 3. The molecule has 0 unspecified atom stereocenters. The predicted octanol–water partition coefficient (Wildman–Crippen LogP) is 2.70. The highest BCUT2D eigenvalue weighted by Crippen LogP contribution is 2.38. The minimum absolute atomic E-state index is 0.136. The van der Waals surface area contributed by atoms with Gasteiger partial charge in [-0.3, -0.25) is 44.1 Å². The molecule has 63 heavy (non-hydrogen) atoms. The lowest BCUT2D eigenvalue weighted by Crippen LogP contribution is -2.66. The summed E-state index contributed by atoms with van der Waals surface area (Å²) >= 11 is 0. The fraction of sp³-hybridized carbons (Fsp3) is 0.381. The van der Waals surface area contributed by atoms with E-state index in [0.29, 0.717) is 76.9 Å². The molecule has 0 atom stereocenters. The maximum absolute atomic E-state index is 13.8. The standard InChI is InChI=1S/C42H50N14O7/c1-6-55-29(14-23(3)50-55)38(59)48-40-47-28-16-26(37(45)58)18-31(63-13-12-52-19-42(20-52)21-62-22-42)34(28)54(40)11-9-8-10-53-33-27(15-25(36(44)57)17-30(33)61-5)46-41(53)49-39(60)35-32(43)24(4)51-56(35)7-2/h8-9,14-18H,6-7,10-13,19-22,43H2,1-5H3,(H2,44,57)(H2,45,58)(H,46,49,60)(H,47,48,59)/b9-8+. The number of imidazole rings is 2. The third kappa shape index (κ3) is 8.03. The topological polar surface area (TPSA) is 273 Å². The molecule has 21 nitrogen and oxygen atoms in total. The van der Waals surface area contributed by atoms with Crippen molar-refractivity contribution in [2.24, 2.45) is 16.9 Å². The molecular weight excluding hydrogens is 813 g/mol. The van der Waals surface area contributed by atoms with Gasteiger partial charge in [0.15, 0.2) is 0 Å². The van der Waals surface area contributed by atoms with Crippen molar-refractivity contribution >= 4 is 63.3 Å². The lowest BCUT2D eigenvalue weighted by Gasteiger charge is -2.55. The molecule has 0 aliphatic carbocycles. The van der Waals surface area contributed by atoms with Crippen molar-refractivity contribution in [3.63, 3.8) is 0 Å². The van der Waals surface area contributed by atoms with Gasteiger partial charge in [-0.1, -0.05) is 12.2 Å². The third-order valence-electron chi connectivity index (χ3n) is 11.3. The summed E-state index contributed by atoms with van der Waals surface area (Å²) in [5.74, 6) is -1.34. The van der Waals surface area contributed by atoms with E-state index in [4.69, 9.17) is 36.4 Å². The van der Waals surface area contributed by atoms with Crippen LogP contribution in [0.25, 0.3) is 22.1 Å². The number of primary amides is 2. The summed E-state index contributed by atoms with van der Waals surface area (Å²) in [7, 11) is 1.45. The van der Waals surface area contributed by atoms with Crippen molar-refractivity contribution in [2.45, 2.75) is 53.9 Å². The largest absolute Gasteiger partial charge is 0.494 e. The first-order valence-electron chi connectivity index (χ1n) is 20.5. The Morgan fingerprint density at radius 2 is 1.38 bits per heavy atom. The summed E-state index contributed by atoms with van der Waals surface area (Å²) in [6, 6.07) is 7.87. The molecule has 2 aromatic carbocycles. The summed E-state index contributed by atoms with van der Waals surface area (Å²) in [5.41, 5.74) is 22.0. The molecule has 4 aromatic heterocycles. The number of nitrogens with one attached hydrogen (secondary N) is 2. The van der Waals surface area contributed by atoms with Crippen LogP contribution in [0.2, 0.25) is 0 Å². The van der Waals surface area contributed by atoms with Crippen LogP contribution in [-0.4, -0.2) is 114 Å². The zero-order valence-electron chi connectivity index (χ0n) is 35.7. The number of nitrogens with zero attached hydrogens (tertiary/aromatic N) is 9. The Kier molecular flexibility index (Phi) is 11.4. The lowest BCUT2D eigenvalue weighted by molar-refractivity contribution is -0.189. The Morgan fingerprint density at radius 1 is 0.810 bits per heavy atom. The molecule has 4 amide bonds. The van der Waals surface area contributed by atoms with Gasteiger partial charge in [0.25, 0.3) is 11.8 Å². The van der Waals surface area contributed by atoms with E-state index in [1.807, 2.05) is 26.0 Å². The fourth-order valence-electron chi connectivity index (χ4n) is 8.19.